The van der Waals surface area contributed by atoms with Gasteiger partial charge in [0.15, 0.2) is 0 Å². The van der Waals surface area contributed by atoms with Crippen LogP contribution in [0.1, 0.15) is 40.5 Å². The minimum Gasteiger partial charge on any atom is -0.317 e. The summed E-state index contributed by atoms with van der Waals surface area (Å²) in [7, 11) is -1.70. The molecule has 0 saturated carbocycles. The molecule has 2 N–H and O–H groups in total. The Labute approximate surface area is 113 Å². The topological polar surface area (TPSA) is 61.4 Å². The molecule has 0 saturated heterocycles. The number of hydrogen-bond acceptors (Lipinski definition) is 3. The summed E-state index contributed by atoms with van der Waals surface area (Å²) in [5, 5.41) is 3.18. The Balaban J connectivity index is 3.96. The highest BCUT2D eigenvalue weighted by atomic mass is 32.2. The maximum Gasteiger partial charge on any atom is 0.279 e. The van der Waals surface area contributed by atoms with Gasteiger partial charge in [0.05, 0.1) is 0 Å². The molecule has 0 spiro atoms. The van der Waals surface area contributed by atoms with E-state index in [0.717, 1.165) is 25.9 Å². The van der Waals surface area contributed by atoms with Crippen molar-refractivity contribution in [1.82, 2.24) is 14.3 Å². The van der Waals surface area contributed by atoms with Gasteiger partial charge in [0.2, 0.25) is 0 Å². The molecule has 0 radical (unpaired) electrons. The van der Waals surface area contributed by atoms with E-state index in [2.05, 4.69) is 30.8 Å². The van der Waals surface area contributed by atoms with Crippen molar-refractivity contribution in [3.63, 3.8) is 0 Å². The van der Waals surface area contributed by atoms with Gasteiger partial charge in [0, 0.05) is 20.1 Å². The number of nitrogens with one attached hydrogen (secondary N) is 2. The largest absolute Gasteiger partial charge is 0.317 e. The zero-order valence-electron chi connectivity index (χ0n) is 12.4. The lowest BCUT2D eigenvalue weighted by Crippen LogP contribution is -2.40. The van der Waals surface area contributed by atoms with Crippen molar-refractivity contribution in [3.8, 4) is 0 Å². The second-order valence-corrected chi connectivity index (χ2v) is 7.60. The maximum atomic E-state index is 11.9. The molecule has 0 fully saturated rings. The molecule has 18 heavy (non-hydrogen) atoms. The lowest BCUT2D eigenvalue weighted by Gasteiger charge is -2.21. The van der Waals surface area contributed by atoms with E-state index in [0.29, 0.717) is 13.1 Å². The third-order valence-electron chi connectivity index (χ3n) is 2.65. The molecule has 0 aliphatic carbocycles. The van der Waals surface area contributed by atoms with Crippen LogP contribution in [0.5, 0.6) is 0 Å². The molecular formula is C12H29N3O2S. The van der Waals surface area contributed by atoms with Gasteiger partial charge in [-0.15, -0.1) is 0 Å². The van der Waals surface area contributed by atoms with Crippen LogP contribution < -0.4 is 10.0 Å². The smallest absolute Gasteiger partial charge is 0.279 e. The number of rotatable bonds is 9. The van der Waals surface area contributed by atoms with Crippen LogP contribution in [0.25, 0.3) is 0 Å². The molecule has 0 amide bonds. The average Bonchev–Trinajstić information content (AvgIpc) is 2.21. The first-order chi connectivity index (χ1) is 8.19. The van der Waals surface area contributed by atoms with Gasteiger partial charge in [-0.25, -0.2) is 4.72 Å². The van der Waals surface area contributed by atoms with E-state index in [1.54, 1.807) is 7.05 Å². The van der Waals surface area contributed by atoms with E-state index < -0.39 is 10.2 Å². The van der Waals surface area contributed by atoms with Crippen molar-refractivity contribution in [2.24, 2.45) is 5.41 Å². The molecule has 0 rings (SSSR count). The van der Waals surface area contributed by atoms with Gasteiger partial charge < -0.3 is 5.32 Å². The summed E-state index contributed by atoms with van der Waals surface area (Å²) in [5.74, 6) is 0. The summed E-state index contributed by atoms with van der Waals surface area (Å²) in [4.78, 5) is 0. The Morgan fingerprint density at radius 2 is 1.78 bits per heavy atom. The summed E-state index contributed by atoms with van der Waals surface area (Å²) in [5.41, 5.74) is 0.145. The molecule has 0 aliphatic heterocycles. The van der Waals surface area contributed by atoms with E-state index in [1.165, 1.54) is 4.31 Å². The van der Waals surface area contributed by atoms with Gasteiger partial charge in [0.1, 0.15) is 0 Å². The van der Waals surface area contributed by atoms with Crippen LogP contribution in [0.2, 0.25) is 0 Å². The zero-order chi connectivity index (χ0) is 14.2. The van der Waals surface area contributed by atoms with Crippen molar-refractivity contribution in [2.75, 3.05) is 33.2 Å². The second-order valence-electron chi connectivity index (χ2n) is 5.74. The molecule has 0 bridgehead atoms. The Kier molecular flexibility index (Phi) is 8.02. The van der Waals surface area contributed by atoms with Crippen LogP contribution in [0.3, 0.4) is 0 Å². The third kappa shape index (κ3) is 8.85. The highest BCUT2D eigenvalue weighted by molar-refractivity contribution is 7.87. The van der Waals surface area contributed by atoms with Gasteiger partial charge >= 0.3 is 0 Å². The molecule has 0 aliphatic rings. The number of nitrogens with zero attached hydrogens (tertiary/aromatic N) is 1. The molecule has 0 aromatic heterocycles. The fourth-order valence-corrected chi connectivity index (χ4v) is 2.34. The van der Waals surface area contributed by atoms with Crippen molar-refractivity contribution in [1.29, 1.82) is 0 Å². The summed E-state index contributed by atoms with van der Waals surface area (Å²) in [6.45, 7) is 11.1. The first-order valence-corrected chi connectivity index (χ1v) is 8.04. The van der Waals surface area contributed by atoms with Crippen LogP contribution >= 0.6 is 0 Å². The lowest BCUT2D eigenvalue weighted by molar-refractivity contribution is 0.373. The SMILES string of the molecule is CCNCCCN(C)S(=O)(=O)NCCC(C)(C)C. The van der Waals surface area contributed by atoms with Crippen molar-refractivity contribution in [3.05, 3.63) is 0 Å². The van der Waals surface area contributed by atoms with E-state index in [1.807, 2.05) is 6.92 Å². The predicted octanol–water partition coefficient (Wildman–Crippen LogP) is 1.19. The molecule has 0 unspecified atom stereocenters. The molecule has 0 aromatic carbocycles. The lowest BCUT2D eigenvalue weighted by atomic mass is 9.93. The summed E-state index contributed by atoms with van der Waals surface area (Å²) in [6.07, 6.45) is 1.65. The first-order valence-electron chi connectivity index (χ1n) is 6.60. The van der Waals surface area contributed by atoms with Gasteiger partial charge in [-0.05, 0) is 31.3 Å². The molecule has 0 heterocycles. The minimum absolute atomic E-state index is 0.145. The van der Waals surface area contributed by atoms with Crippen LogP contribution in [0.4, 0.5) is 0 Å². The van der Waals surface area contributed by atoms with Crippen LogP contribution in [0.15, 0.2) is 0 Å². The van der Waals surface area contributed by atoms with Gasteiger partial charge in [-0.2, -0.15) is 12.7 Å². The normalized spacial score (nSPS) is 13.2. The summed E-state index contributed by atoms with van der Waals surface area (Å²) >= 11 is 0. The molecule has 5 nitrogen and oxygen atoms in total. The van der Waals surface area contributed by atoms with Gasteiger partial charge in [0.25, 0.3) is 10.2 Å². The van der Waals surface area contributed by atoms with Crippen molar-refractivity contribution >= 4 is 10.2 Å². The van der Waals surface area contributed by atoms with Gasteiger partial charge in [-0.1, -0.05) is 27.7 Å². The van der Waals surface area contributed by atoms with Crippen molar-refractivity contribution < 1.29 is 8.42 Å². The molecule has 0 atom stereocenters. The van der Waals surface area contributed by atoms with E-state index >= 15 is 0 Å². The van der Waals surface area contributed by atoms with E-state index in [9.17, 15) is 8.42 Å². The summed E-state index contributed by atoms with van der Waals surface area (Å²) in [6, 6.07) is 0. The zero-order valence-corrected chi connectivity index (χ0v) is 13.2. The molecule has 6 heteroatoms. The second kappa shape index (κ2) is 8.09. The third-order valence-corrected chi connectivity index (χ3v) is 4.22. The highest BCUT2D eigenvalue weighted by Crippen LogP contribution is 2.17. The van der Waals surface area contributed by atoms with E-state index in [4.69, 9.17) is 0 Å². The Bertz CT molecular complexity index is 310. The monoisotopic (exact) mass is 279 g/mol. The Hall–Kier alpha value is -0.170. The minimum atomic E-state index is -3.31. The Morgan fingerprint density at radius 3 is 2.28 bits per heavy atom. The molecular weight excluding hydrogens is 250 g/mol. The predicted molar refractivity (Wildman–Crippen MR) is 76.8 cm³/mol. The molecule has 110 valence electrons. The maximum absolute atomic E-state index is 11.9. The first kappa shape index (κ1) is 17.8. The standard InChI is InChI=1S/C12H29N3O2S/c1-6-13-9-7-11-15(5)18(16,17)14-10-8-12(2,3)4/h13-14H,6-11H2,1-5H3. The van der Waals surface area contributed by atoms with Crippen molar-refractivity contribution in [2.45, 2.75) is 40.5 Å². The van der Waals surface area contributed by atoms with E-state index in [-0.39, 0.29) is 5.41 Å². The molecule has 0 aromatic rings. The fourth-order valence-electron chi connectivity index (χ4n) is 1.39. The fraction of sp³-hybridized carbons (Fsp3) is 1.00. The quantitative estimate of drug-likeness (QED) is 0.623. The van der Waals surface area contributed by atoms with Crippen LogP contribution in [0, 0.1) is 5.41 Å². The average molecular weight is 279 g/mol. The van der Waals surface area contributed by atoms with Crippen LogP contribution in [-0.4, -0.2) is 45.9 Å². The Morgan fingerprint density at radius 1 is 1.17 bits per heavy atom. The highest BCUT2D eigenvalue weighted by Gasteiger charge is 2.18. The van der Waals surface area contributed by atoms with Crippen LogP contribution in [-0.2, 0) is 10.2 Å². The number of hydrogen-bond donors (Lipinski definition) is 2. The summed E-state index contributed by atoms with van der Waals surface area (Å²) < 4.78 is 27.8. The van der Waals surface area contributed by atoms with Gasteiger partial charge in [-0.3, -0.25) is 0 Å².